The Labute approximate surface area is 115 Å². The van der Waals surface area contributed by atoms with Crippen LogP contribution in [-0.2, 0) is 0 Å². The number of rotatable bonds is 2. The first-order valence-corrected chi connectivity index (χ1v) is 6.22. The molecule has 3 aromatic rings. The van der Waals surface area contributed by atoms with Gasteiger partial charge in [-0.1, -0.05) is 12.1 Å². The molecule has 0 spiro atoms. The Morgan fingerprint density at radius 1 is 1.20 bits per heavy atom. The Morgan fingerprint density at radius 2 is 1.95 bits per heavy atom. The minimum atomic E-state index is -0.949. The highest BCUT2D eigenvalue weighted by molar-refractivity contribution is 5.98. The van der Waals surface area contributed by atoms with Crippen LogP contribution >= 0.6 is 0 Å². The van der Waals surface area contributed by atoms with Crippen molar-refractivity contribution in [3.8, 4) is 11.4 Å². The lowest BCUT2D eigenvalue weighted by molar-refractivity contribution is 0.0697. The summed E-state index contributed by atoms with van der Waals surface area (Å²) in [4.78, 5) is 23.2. The number of carboxylic acids is 1. The van der Waals surface area contributed by atoms with Crippen LogP contribution in [0.3, 0.4) is 0 Å². The summed E-state index contributed by atoms with van der Waals surface area (Å²) in [6.07, 6.45) is 1.66. The fourth-order valence-electron chi connectivity index (χ4n) is 2.36. The summed E-state index contributed by atoms with van der Waals surface area (Å²) in [5.41, 5.74) is 3.86. The lowest BCUT2D eigenvalue weighted by Gasteiger charge is -2.10. The molecule has 2 heterocycles. The number of pyridine rings is 1. The van der Waals surface area contributed by atoms with Crippen LogP contribution in [0.1, 0.15) is 21.5 Å². The van der Waals surface area contributed by atoms with E-state index < -0.39 is 5.97 Å². The molecule has 20 heavy (non-hydrogen) atoms. The summed E-state index contributed by atoms with van der Waals surface area (Å²) >= 11 is 0. The van der Waals surface area contributed by atoms with Gasteiger partial charge in [0.25, 0.3) is 0 Å². The highest BCUT2D eigenvalue weighted by atomic mass is 16.4. The summed E-state index contributed by atoms with van der Waals surface area (Å²) in [5, 5.41) is 9.45. The third-order valence-corrected chi connectivity index (χ3v) is 3.33. The second-order valence-corrected chi connectivity index (χ2v) is 4.71. The van der Waals surface area contributed by atoms with E-state index in [1.54, 1.807) is 13.1 Å². The Bertz CT molecular complexity index is 788. The number of fused-ring (bicyclic) bond motifs is 1. The fraction of sp³-hybridized carbons (Fsp3) is 0.133. The number of aromatic nitrogens is 3. The van der Waals surface area contributed by atoms with Gasteiger partial charge in [0, 0.05) is 11.8 Å². The topological polar surface area (TPSA) is 78.9 Å². The van der Waals surface area contributed by atoms with Crippen LogP contribution in [0.15, 0.2) is 30.5 Å². The predicted molar refractivity (Wildman–Crippen MR) is 75.8 cm³/mol. The predicted octanol–water partition coefficient (Wildman–Crippen LogP) is 2.94. The Kier molecular flexibility index (Phi) is 2.75. The van der Waals surface area contributed by atoms with Gasteiger partial charge in [0.15, 0.2) is 5.65 Å². The molecule has 1 aromatic carbocycles. The zero-order valence-corrected chi connectivity index (χ0v) is 11.1. The first-order chi connectivity index (χ1) is 9.58. The largest absolute Gasteiger partial charge is 0.478 e. The quantitative estimate of drug-likeness (QED) is 0.748. The molecule has 0 saturated heterocycles. The lowest BCUT2D eigenvalue weighted by atomic mass is 9.97. The van der Waals surface area contributed by atoms with Crippen molar-refractivity contribution in [2.24, 2.45) is 0 Å². The maximum absolute atomic E-state index is 11.5. The molecular formula is C15H13N3O2. The van der Waals surface area contributed by atoms with Crippen molar-refractivity contribution in [3.63, 3.8) is 0 Å². The van der Waals surface area contributed by atoms with E-state index in [0.29, 0.717) is 22.6 Å². The van der Waals surface area contributed by atoms with E-state index in [-0.39, 0.29) is 5.56 Å². The van der Waals surface area contributed by atoms with Crippen molar-refractivity contribution in [3.05, 3.63) is 47.2 Å². The molecule has 100 valence electrons. The van der Waals surface area contributed by atoms with Crippen molar-refractivity contribution < 1.29 is 9.90 Å². The third-order valence-electron chi connectivity index (χ3n) is 3.33. The standard InChI is InChI=1S/C15H13N3O2/c1-8-5-6-9(2)12(15(19)20)11(8)14-17-10-4-3-7-16-13(10)18-14/h3-7H,1-2H3,(H,19,20)(H,16,17,18). The second-order valence-electron chi connectivity index (χ2n) is 4.71. The van der Waals surface area contributed by atoms with Crippen LogP contribution in [0.4, 0.5) is 0 Å². The van der Waals surface area contributed by atoms with Crippen molar-refractivity contribution in [2.75, 3.05) is 0 Å². The highest BCUT2D eigenvalue weighted by Crippen LogP contribution is 2.29. The van der Waals surface area contributed by atoms with Gasteiger partial charge in [-0.15, -0.1) is 0 Å². The van der Waals surface area contributed by atoms with Gasteiger partial charge in [-0.3, -0.25) is 0 Å². The third kappa shape index (κ3) is 1.84. The van der Waals surface area contributed by atoms with E-state index in [2.05, 4.69) is 15.0 Å². The molecule has 5 heteroatoms. The summed E-state index contributed by atoms with van der Waals surface area (Å²) in [5.74, 6) is -0.410. The van der Waals surface area contributed by atoms with E-state index in [4.69, 9.17) is 0 Å². The number of aromatic carboxylic acids is 1. The molecule has 0 saturated carbocycles. The van der Waals surface area contributed by atoms with E-state index in [0.717, 1.165) is 11.1 Å². The molecule has 0 aliphatic rings. The maximum atomic E-state index is 11.5. The average Bonchev–Trinajstić information content (AvgIpc) is 2.83. The Morgan fingerprint density at radius 3 is 2.65 bits per heavy atom. The number of benzene rings is 1. The Balaban J connectivity index is 2.33. The number of aryl methyl sites for hydroxylation is 2. The number of H-pyrrole nitrogens is 1. The summed E-state index contributed by atoms with van der Waals surface area (Å²) in [6, 6.07) is 7.39. The number of hydrogen-bond acceptors (Lipinski definition) is 3. The molecule has 3 rings (SSSR count). The highest BCUT2D eigenvalue weighted by Gasteiger charge is 2.19. The van der Waals surface area contributed by atoms with E-state index in [1.807, 2.05) is 31.2 Å². The molecule has 2 N–H and O–H groups in total. The number of aromatic amines is 1. The molecule has 0 radical (unpaired) electrons. The van der Waals surface area contributed by atoms with Crippen molar-refractivity contribution >= 4 is 17.1 Å². The molecule has 2 aromatic heterocycles. The summed E-state index contributed by atoms with van der Waals surface area (Å²) < 4.78 is 0. The monoisotopic (exact) mass is 267 g/mol. The van der Waals surface area contributed by atoms with Gasteiger partial charge < -0.3 is 10.1 Å². The van der Waals surface area contributed by atoms with Crippen LogP contribution in [0, 0.1) is 13.8 Å². The van der Waals surface area contributed by atoms with Gasteiger partial charge >= 0.3 is 5.97 Å². The molecule has 0 aliphatic heterocycles. The zero-order chi connectivity index (χ0) is 14.3. The molecule has 0 unspecified atom stereocenters. The smallest absolute Gasteiger partial charge is 0.336 e. The maximum Gasteiger partial charge on any atom is 0.336 e. The number of hydrogen-bond donors (Lipinski definition) is 2. The Hall–Kier alpha value is -2.69. The molecule has 0 aliphatic carbocycles. The molecule has 0 atom stereocenters. The first-order valence-electron chi connectivity index (χ1n) is 6.22. The van der Waals surface area contributed by atoms with Crippen LogP contribution < -0.4 is 0 Å². The van der Waals surface area contributed by atoms with Gasteiger partial charge in [0.1, 0.15) is 5.82 Å². The number of carboxylic acid groups (broad SMARTS) is 1. The van der Waals surface area contributed by atoms with Gasteiger partial charge in [-0.25, -0.2) is 14.8 Å². The van der Waals surface area contributed by atoms with Crippen LogP contribution in [0.2, 0.25) is 0 Å². The van der Waals surface area contributed by atoms with Crippen molar-refractivity contribution in [2.45, 2.75) is 13.8 Å². The van der Waals surface area contributed by atoms with Crippen LogP contribution in [-0.4, -0.2) is 26.0 Å². The molecular weight excluding hydrogens is 254 g/mol. The molecule has 5 nitrogen and oxygen atoms in total. The van der Waals surface area contributed by atoms with Gasteiger partial charge in [0.2, 0.25) is 0 Å². The van der Waals surface area contributed by atoms with Crippen LogP contribution in [0.25, 0.3) is 22.6 Å². The van der Waals surface area contributed by atoms with E-state index in [9.17, 15) is 9.90 Å². The zero-order valence-electron chi connectivity index (χ0n) is 11.1. The van der Waals surface area contributed by atoms with E-state index >= 15 is 0 Å². The summed E-state index contributed by atoms with van der Waals surface area (Å²) in [7, 11) is 0. The minimum Gasteiger partial charge on any atom is -0.478 e. The number of nitrogens with one attached hydrogen (secondary N) is 1. The number of nitrogens with zero attached hydrogens (tertiary/aromatic N) is 2. The van der Waals surface area contributed by atoms with Gasteiger partial charge in [0.05, 0.1) is 11.1 Å². The molecule has 0 amide bonds. The van der Waals surface area contributed by atoms with Gasteiger partial charge in [-0.05, 0) is 37.1 Å². The minimum absolute atomic E-state index is 0.282. The fourth-order valence-corrected chi connectivity index (χ4v) is 2.36. The number of imidazole rings is 1. The number of carbonyl (C=O) groups is 1. The summed E-state index contributed by atoms with van der Waals surface area (Å²) in [6.45, 7) is 3.66. The SMILES string of the molecule is Cc1ccc(C)c(-c2nc3ncccc3[nH]2)c1C(=O)O. The van der Waals surface area contributed by atoms with Crippen molar-refractivity contribution in [1.29, 1.82) is 0 Å². The van der Waals surface area contributed by atoms with Gasteiger partial charge in [-0.2, -0.15) is 0 Å². The first kappa shape index (κ1) is 12.3. The normalized spacial score (nSPS) is 10.9. The van der Waals surface area contributed by atoms with Crippen LogP contribution in [0.5, 0.6) is 0 Å². The lowest BCUT2D eigenvalue weighted by Crippen LogP contribution is -2.05. The molecule has 0 bridgehead atoms. The second kappa shape index (κ2) is 4.45. The molecule has 0 fully saturated rings. The van der Waals surface area contributed by atoms with Crippen molar-refractivity contribution in [1.82, 2.24) is 15.0 Å². The average molecular weight is 267 g/mol. The van der Waals surface area contributed by atoms with E-state index in [1.165, 1.54) is 0 Å².